The van der Waals surface area contributed by atoms with Gasteiger partial charge in [-0.2, -0.15) is 0 Å². The zero-order valence-electron chi connectivity index (χ0n) is 19.8. The summed E-state index contributed by atoms with van der Waals surface area (Å²) in [5.41, 5.74) is 5.07. The smallest absolute Gasteiger partial charge is 0.225 e. The van der Waals surface area contributed by atoms with E-state index in [0.717, 1.165) is 39.4 Å². The Morgan fingerprint density at radius 3 is 2.29 bits per heavy atom. The zero-order valence-corrected chi connectivity index (χ0v) is 19.8. The Morgan fingerprint density at radius 2 is 1.68 bits per heavy atom. The summed E-state index contributed by atoms with van der Waals surface area (Å²) in [4.78, 5) is 17.6. The summed E-state index contributed by atoms with van der Waals surface area (Å²) < 4.78 is 8.12. The molecule has 0 fully saturated rings. The Kier molecular flexibility index (Phi) is 5.70. The van der Waals surface area contributed by atoms with Crippen molar-refractivity contribution in [2.24, 2.45) is 0 Å². The highest BCUT2D eigenvalue weighted by Gasteiger charge is 2.29. The van der Waals surface area contributed by atoms with E-state index in [1.165, 1.54) is 0 Å². The van der Waals surface area contributed by atoms with Crippen molar-refractivity contribution in [2.75, 3.05) is 5.32 Å². The molecule has 172 valence electrons. The minimum atomic E-state index is -0.103. The van der Waals surface area contributed by atoms with Gasteiger partial charge in [-0.25, -0.2) is 4.98 Å². The lowest BCUT2D eigenvalue weighted by molar-refractivity contribution is -0.116. The molecule has 5 nitrogen and oxygen atoms in total. The highest BCUT2D eigenvalue weighted by atomic mass is 16.5. The summed E-state index contributed by atoms with van der Waals surface area (Å²) in [5, 5.41) is 3.24. The third-order valence-corrected chi connectivity index (χ3v) is 6.29. The summed E-state index contributed by atoms with van der Waals surface area (Å²) >= 11 is 0. The van der Waals surface area contributed by atoms with Gasteiger partial charge in [-0.15, -0.1) is 0 Å². The Bertz CT molecular complexity index is 1270. The highest BCUT2D eigenvalue weighted by Crippen LogP contribution is 2.45. The molecule has 2 heterocycles. The first kappa shape index (κ1) is 22.0. The van der Waals surface area contributed by atoms with Gasteiger partial charge in [0.2, 0.25) is 5.91 Å². The summed E-state index contributed by atoms with van der Waals surface area (Å²) in [6.45, 7) is 7.20. The summed E-state index contributed by atoms with van der Waals surface area (Å²) in [5.74, 6) is 1.56. The second kappa shape index (κ2) is 8.82. The van der Waals surface area contributed by atoms with Gasteiger partial charge >= 0.3 is 0 Å². The van der Waals surface area contributed by atoms with Crippen molar-refractivity contribution in [1.82, 2.24) is 9.55 Å². The molecule has 1 aliphatic heterocycles. The SMILES string of the molecule is CC(C)(C)c1ccc(Cn2ccnc2)cc1NC(=O)CC1c2ccccc2Oc2ccccc21. The van der Waals surface area contributed by atoms with Crippen LogP contribution in [0, 0.1) is 0 Å². The predicted octanol–water partition coefficient (Wildman–Crippen LogP) is 6.50. The number of nitrogens with zero attached hydrogens (tertiary/aromatic N) is 2. The number of aromatic nitrogens is 2. The Morgan fingerprint density at radius 1 is 1.00 bits per heavy atom. The van der Waals surface area contributed by atoms with Crippen molar-refractivity contribution in [3.05, 3.63) is 108 Å². The number of nitrogens with one attached hydrogen (secondary N) is 1. The van der Waals surface area contributed by atoms with E-state index in [1.54, 1.807) is 12.5 Å². The molecule has 0 aliphatic carbocycles. The molecular formula is C29H29N3O2. The van der Waals surface area contributed by atoms with Crippen molar-refractivity contribution < 1.29 is 9.53 Å². The minimum absolute atomic E-state index is 0.0122. The molecule has 0 atom stereocenters. The number of anilines is 1. The van der Waals surface area contributed by atoms with Crippen LogP contribution in [-0.2, 0) is 16.8 Å². The second-order valence-corrected chi connectivity index (χ2v) is 9.85. The average molecular weight is 452 g/mol. The van der Waals surface area contributed by atoms with Gasteiger partial charge in [0.15, 0.2) is 0 Å². The number of carbonyl (C=O) groups is 1. The fourth-order valence-corrected chi connectivity index (χ4v) is 4.65. The van der Waals surface area contributed by atoms with Crippen LogP contribution in [0.2, 0.25) is 0 Å². The van der Waals surface area contributed by atoms with Crippen LogP contribution in [0.5, 0.6) is 11.5 Å². The van der Waals surface area contributed by atoms with E-state index in [-0.39, 0.29) is 17.2 Å². The van der Waals surface area contributed by atoms with Crippen molar-refractivity contribution >= 4 is 11.6 Å². The summed E-state index contributed by atoms with van der Waals surface area (Å²) in [7, 11) is 0. The standard InChI is InChI=1S/C29H29N3O2/c1-29(2,3)24-13-12-20(18-32-15-14-30-19-32)16-25(24)31-28(33)17-23-21-8-4-6-10-26(21)34-27-11-7-5-9-22(23)27/h4-16,19,23H,17-18H2,1-3H3,(H,31,33). The van der Waals surface area contributed by atoms with E-state index in [2.05, 4.69) is 61.4 Å². The molecule has 0 radical (unpaired) electrons. The first-order chi connectivity index (χ1) is 16.4. The molecule has 1 aliphatic rings. The fraction of sp³-hybridized carbons (Fsp3) is 0.241. The first-order valence-corrected chi connectivity index (χ1v) is 11.6. The van der Waals surface area contributed by atoms with Gasteiger partial charge < -0.3 is 14.6 Å². The maximum absolute atomic E-state index is 13.4. The van der Waals surface area contributed by atoms with Gasteiger partial charge in [-0.3, -0.25) is 4.79 Å². The Balaban J connectivity index is 1.44. The molecule has 1 aromatic heterocycles. The maximum atomic E-state index is 13.4. The van der Waals surface area contributed by atoms with E-state index >= 15 is 0 Å². The molecule has 5 rings (SSSR count). The van der Waals surface area contributed by atoms with Gasteiger partial charge in [0.25, 0.3) is 0 Å². The lowest BCUT2D eigenvalue weighted by Crippen LogP contribution is -2.22. The van der Waals surface area contributed by atoms with Crippen LogP contribution in [0.15, 0.2) is 85.5 Å². The first-order valence-electron chi connectivity index (χ1n) is 11.6. The van der Waals surface area contributed by atoms with Crippen LogP contribution < -0.4 is 10.1 Å². The zero-order chi connectivity index (χ0) is 23.7. The number of carbonyl (C=O) groups excluding carboxylic acids is 1. The van der Waals surface area contributed by atoms with Crippen molar-refractivity contribution in [3.8, 4) is 11.5 Å². The molecule has 0 saturated carbocycles. The molecule has 4 aromatic rings. The average Bonchev–Trinajstić information content (AvgIpc) is 3.31. The summed E-state index contributed by atoms with van der Waals surface area (Å²) in [6.07, 6.45) is 5.86. The molecule has 0 unspecified atom stereocenters. The number of fused-ring (bicyclic) bond motifs is 2. The molecule has 1 N–H and O–H groups in total. The fourth-order valence-electron chi connectivity index (χ4n) is 4.65. The highest BCUT2D eigenvalue weighted by molar-refractivity contribution is 5.93. The van der Waals surface area contributed by atoms with Crippen LogP contribution >= 0.6 is 0 Å². The second-order valence-electron chi connectivity index (χ2n) is 9.85. The van der Waals surface area contributed by atoms with Crippen molar-refractivity contribution in [3.63, 3.8) is 0 Å². The third kappa shape index (κ3) is 4.46. The van der Waals surface area contributed by atoms with E-state index < -0.39 is 0 Å². The Hall–Kier alpha value is -3.86. The van der Waals surface area contributed by atoms with Crippen LogP contribution in [0.3, 0.4) is 0 Å². The van der Waals surface area contributed by atoms with Gasteiger partial charge in [-0.05, 0) is 34.7 Å². The third-order valence-electron chi connectivity index (χ3n) is 6.29. The molecule has 34 heavy (non-hydrogen) atoms. The summed E-state index contributed by atoms with van der Waals surface area (Å²) in [6, 6.07) is 22.3. The molecule has 0 bridgehead atoms. The van der Waals surface area contributed by atoms with E-state index in [4.69, 9.17) is 4.74 Å². The monoisotopic (exact) mass is 451 g/mol. The van der Waals surface area contributed by atoms with Gasteiger partial charge in [-0.1, -0.05) is 69.3 Å². The lowest BCUT2D eigenvalue weighted by atomic mass is 9.84. The largest absolute Gasteiger partial charge is 0.457 e. The normalized spacial score (nSPS) is 13.0. The van der Waals surface area contributed by atoms with Crippen molar-refractivity contribution in [2.45, 2.75) is 45.1 Å². The van der Waals surface area contributed by atoms with E-state index in [1.807, 2.05) is 47.2 Å². The maximum Gasteiger partial charge on any atom is 0.225 e. The number of amides is 1. The number of para-hydroxylation sites is 2. The van der Waals surface area contributed by atoms with Crippen LogP contribution in [0.4, 0.5) is 5.69 Å². The molecular weight excluding hydrogens is 422 g/mol. The van der Waals surface area contributed by atoms with E-state index in [0.29, 0.717) is 13.0 Å². The molecule has 3 aromatic carbocycles. The predicted molar refractivity (Wildman–Crippen MR) is 135 cm³/mol. The number of imidazole rings is 1. The molecule has 0 saturated heterocycles. The topological polar surface area (TPSA) is 56.2 Å². The Labute approximate surface area is 200 Å². The van der Waals surface area contributed by atoms with Gasteiger partial charge in [0.05, 0.1) is 6.33 Å². The molecule has 5 heteroatoms. The van der Waals surface area contributed by atoms with Crippen LogP contribution in [-0.4, -0.2) is 15.5 Å². The van der Waals surface area contributed by atoms with E-state index in [9.17, 15) is 4.79 Å². The van der Waals surface area contributed by atoms with Crippen LogP contribution in [0.25, 0.3) is 0 Å². The minimum Gasteiger partial charge on any atom is -0.457 e. The number of hydrogen-bond acceptors (Lipinski definition) is 3. The number of benzene rings is 3. The number of hydrogen-bond donors (Lipinski definition) is 1. The van der Waals surface area contributed by atoms with Gasteiger partial charge in [0.1, 0.15) is 11.5 Å². The quantitative estimate of drug-likeness (QED) is 0.377. The lowest BCUT2D eigenvalue weighted by Gasteiger charge is -2.28. The number of ether oxygens (including phenoxy) is 1. The van der Waals surface area contributed by atoms with Crippen molar-refractivity contribution in [1.29, 1.82) is 0 Å². The van der Waals surface area contributed by atoms with Gasteiger partial charge in [0, 0.05) is 48.1 Å². The molecule has 0 spiro atoms. The molecule has 1 amide bonds. The number of rotatable bonds is 5. The van der Waals surface area contributed by atoms with Crippen LogP contribution in [0.1, 0.15) is 55.4 Å².